The number of methoxy groups -OCH3 is 2. The minimum Gasteiger partial charge on any atom is -0.496 e. The second kappa shape index (κ2) is 7.73. The lowest BCUT2D eigenvalue weighted by Gasteiger charge is -2.23. The standard InChI is InChI=1S/C16H21NO7S/c1-17(11-7-8-25(20,21)10-11)14(18)9-24-16(19)15-12(22-2)5-4-6-13(15)23-3/h4-6,11H,7-10H2,1-3H3/t11-/m0/s1. The number of likely N-dealkylation sites (N-methyl/N-ethyl adjacent to an activating group) is 1. The molecule has 1 heterocycles. The third-order valence-corrected chi connectivity index (χ3v) is 5.86. The fourth-order valence-electron chi connectivity index (χ4n) is 2.64. The van der Waals surface area contributed by atoms with Crippen LogP contribution in [-0.2, 0) is 19.4 Å². The van der Waals surface area contributed by atoms with Gasteiger partial charge in [-0.25, -0.2) is 13.2 Å². The molecule has 1 atom stereocenters. The topological polar surface area (TPSA) is 99.2 Å². The van der Waals surface area contributed by atoms with Gasteiger partial charge in [0.2, 0.25) is 0 Å². The Morgan fingerprint density at radius 3 is 2.28 bits per heavy atom. The quantitative estimate of drug-likeness (QED) is 0.672. The van der Waals surface area contributed by atoms with E-state index in [-0.39, 0.29) is 28.6 Å². The molecule has 2 rings (SSSR count). The summed E-state index contributed by atoms with van der Waals surface area (Å²) in [4.78, 5) is 25.8. The summed E-state index contributed by atoms with van der Waals surface area (Å²) in [6.07, 6.45) is 0.388. The maximum atomic E-state index is 12.3. The predicted octanol–water partition coefficient (Wildman–Crippen LogP) is 0.506. The Bertz CT molecular complexity index is 737. The van der Waals surface area contributed by atoms with Crippen LogP contribution < -0.4 is 9.47 Å². The average Bonchev–Trinajstić information content (AvgIpc) is 2.97. The van der Waals surface area contributed by atoms with Crippen LogP contribution in [0.5, 0.6) is 11.5 Å². The lowest BCUT2D eigenvalue weighted by Crippen LogP contribution is -2.40. The number of esters is 1. The Morgan fingerprint density at radius 1 is 1.20 bits per heavy atom. The van der Waals surface area contributed by atoms with Crippen molar-refractivity contribution in [2.75, 3.05) is 39.4 Å². The SMILES string of the molecule is COc1cccc(OC)c1C(=O)OCC(=O)N(C)[C@H]1CCS(=O)(=O)C1. The molecule has 0 unspecified atom stereocenters. The van der Waals surface area contributed by atoms with E-state index in [2.05, 4.69) is 0 Å². The zero-order valence-electron chi connectivity index (χ0n) is 14.4. The van der Waals surface area contributed by atoms with E-state index in [9.17, 15) is 18.0 Å². The highest BCUT2D eigenvalue weighted by Crippen LogP contribution is 2.28. The van der Waals surface area contributed by atoms with Crippen LogP contribution in [0.25, 0.3) is 0 Å². The van der Waals surface area contributed by atoms with Crippen molar-refractivity contribution >= 4 is 21.7 Å². The van der Waals surface area contributed by atoms with E-state index in [1.54, 1.807) is 18.2 Å². The van der Waals surface area contributed by atoms with Gasteiger partial charge in [0.15, 0.2) is 16.4 Å². The van der Waals surface area contributed by atoms with Crippen molar-refractivity contribution in [3.8, 4) is 11.5 Å². The van der Waals surface area contributed by atoms with Crippen LogP contribution >= 0.6 is 0 Å². The number of ether oxygens (including phenoxy) is 3. The number of benzene rings is 1. The van der Waals surface area contributed by atoms with Gasteiger partial charge in [0.1, 0.15) is 17.1 Å². The number of sulfone groups is 1. The van der Waals surface area contributed by atoms with Crippen molar-refractivity contribution in [3.05, 3.63) is 23.8 Å². The first-order valence-corrected chi connectivity index (χ1v) is 9.45. The molecule has 1 aromatic rings. The maximum Gasteiger partial charge on any atom is 0.346 e. The smallest absolute Gasteiger partial charge is 0.346 e. The average molecular weight is 371 g/mol. The summed E-state index contributed by atoms with van der Waals surface area (Å²) in [6, 6.07) is 4.43. The summed E-state index contributed by atoms with van der Waals surface area (Å²) in [7, 11) is 1.22. The Morgan fingerprint density at radius 2 is 1.80 bits per heavy atom. The minimum absolute atomic E-state index is 0.0630. The number of hydrogen-bond donors (Lipinski definition) is 0. The van der Waals surface area contributed by atoms with E-state index >= 15 is 0 Å². The second-order valence-electron chi connectivity index (χ2n) is 5.68. The first-order valence-electron chi connectivity index (χ1n) is 7.63. The van der Waals surface area contributed by atoms with Crippen LogP contribution in [0.15, 0.2) is 18.2 Å². The molecule has 8 nitrogen and oxygen atoms in total. The molecule has 1 aliphatic heterocycles. The van der Waals surface area contributed by atoms with Gasteiger partial charge in [-0.05, 0) is 18.6 Å². The Labute approximate surface area is 146 Å². The van der Waals surface area contributed by atoms with Crippen molar-refractivity contribution in [3.63, 3.8) is 0 Å². The van der Waals surface area contributed by atoms with Crippen molar-refractivity contribution in [2.45, 2.75) is 12.5 Å². The van der Waals surface area contributed by atoms with Gasteiger partial charge in [0.25, 0.3) is 5.91 Å². The van der Waals surface area contributed by atoms with Gasteiger partial charge in [-0.1, -0.05) is 6.07 Å². The van der Waals surface area contributed by atoms with Crippen LogP contribution in [0, 0.1) is 0 Å². The van der Waals surface area contributed by atoms with Crippen LogP contribution in [-0.4, -0.2) is 70.6 Å². The molecule has 25 heavy (non-hydrogen) atoms. The summed E-state index contributed by atoms with van der Waals surface area (Å²) in [6.45, 7) is -0.493. The van der Waals surface area contributed by atoms with E-state index in [1.165, 1.54) is 26.2 Å². The molecule has 0 radical (unpaired) electrons. The number of amides is 1. The van der Waals surface area contributed by atoms with Gasteiger partial charge in [0.05, 0.1) is 25.7 Å². The van der Waals surface area contributed by atoms with Gasteiger partial charge in [-0.3, -0.25) is 4.79 Å². The lowest BCUT2D eigenvalue weighted by molar-refractivity contribution is -0.134. The number of rotatable bonds is 6. The molecule has 9 heteroatoms. The van der Waals surface area contributed by atoms with Gasteiger partial charge >= 0.3 is 5.97 Å². The molecule has 0 N–H and O–H groups in total. The summed E-state index contributed by atoms with van der Waals surface area (Å²) in [5.74, 6) is -0.685. The molecule has 1 aromatic carbocycles. The molecule has 1 saturated heterocycles. The molecular formula is C16H21NO7S. The number of carbonyl (C=O) groups is 2. The van der Waals surface area contributed by atoms with Gasteiger partial charge in [-0.2, -0.15) is 0 Å². The molecule has 0 aromatic heterocycles. The van der Waals surface area contributed by atoms with Crippen LogP contribution in [0.3, 0.4) is 0 Å². The molecule has 0 spiro atoms. The number of hydrogen-bond acceptors (Lipinski definition) is 7. The van der Waals surface area contributed by atoms with Crippen molar-refractivity contribution < 1.29 is 32.2 Å². The van der Waals surface area contributed by atoms with Gasteiger partial charge in [0, 0.05) is 13.1 Å². The number of carbonyl (C=O) groups excluding carboxylic acids is 2. The molecule has 0 bridgehead atoms. The summed E-state index contributed by atoms with van der Waals surface area (Å²) in [5.41, 5.74) is 0.0893. The normalized spacial score (nSPS) is 18.4. The molecule has 0 aliphatic carbocycles. The third-order valence-electron chi connectivity index (χ3n) is 4.11. The van der Waals surface area contributed by atoms with E-state index in [1.807, 2.05) is 0 Å². The van der Waals surface area contributed by atoms with Crippen LogP contribution in [0.4, 0.5) is 0 Å². The molecule has 138 valence electrons. The van der Waals surface area contributed by atoms with Crippen molar-refractivity contribution in [2.24, 2.45) is 0 Å². The monoisotopic (exact) mass is 371 g/mol. The van der Waals surface area contributed by atoms with Crippen molar-refractivity contribution in [1.82, 2.24) is 4.90 Å². The summed E-state index contributed by atoms with van der Waals surface area (Å²) >= 11 is 0. The molecule has 0 saturated carbocycles. The molecule has 1 aliphatic rings. The second-order valence-corrected chi connectivity index (χ2v) is 7.90. The fraction of sp³-hybridized carbons (Fsp3) is 0.500. The fourth-order valence-corrected chi connectivity index (χ4v) is 4.41. The summed E-state index contributed by atoms with van der Waals surface area (Å²) in [5, 5.41) is 0. The Kier molecular flexibility index (Phi) is 5.89. The van der Waals surface area contributed by atoms with E-state index in [0.717, 1.165) is 0 Å². The zero-order valence-corrected chi connectivity index (χ0v) is 15.2. The highest BCUT2D eigenvalue weighted by molar-refractivity contribution is 7.91. The van der Waals surface area contributed by atoms with E-state index in [0.29, 0.717) is 6.42 Å². The highest BCUT2D eigenvalue weighted by atomic mass is 32.2. The first kappa shape index (κ1) is 19.0. The first-order chi connectivity index (χ1) is 11.8. The maximum absolute atomic E-state index is 12.3. The summed E-state index contributed by atoms with van der Waals surface area (Å²) < 4.78 is 38.3. The largest absolute Gasteiger partial charge is 0.496 e. The van der Waals surface area contributed by atoms with E-state index in [4.69, 9.17) is 14.2 Å². The Hall–Kier alpha value is -2.29. The van der Waals surface area contributed by atoms with Crippen molar-refractivity contribution in [1.29, 1.82) is 0 Å². The predicted molar refractivity (Wildman–Crippen MR) is 89.7 cm³/mol. The van der Waals surface area contributed by atoms with E-state index < -0.39 is 34.4 Å². The molecule has 1 amide bonds. The zero-order chi connectivity index (χ0) is 18.6. The highest BCUT2D eigenvalue weighted by Gasteiger charge is 2.33. The Balaban J connectivity index is 2.02. The number of nitrogens with zero attached hydrogens (tertiary/aromatic N) is 1. The molecule has 1 fully saturated rings. The lowest BCUT2D eigenvalue weighted by atomic mass is 10.2. The third kappa shape index (κ3) is 4.41. The molecular weight excluding hydrogens is 350 g/mol. The minimum atomic E-state index is -3.10. The van der Waals surface area contributed by atoms with Crippen LogP contribution in [0.2, 0.25) is 0 Å². The van der Waals surface area contributed by atoms with Gasteiger partial charge < -0.3 is 19.1 Å². The van der Waals surface area contributed by atoms with Gasteiger partial charge in [-0.15, -0.1) is 0 Å². The van der Waals surface area contributed by atoms with Crippen LogP contribution in [0.1, 0.15) is 16.8 Å².